The van der Waals surface area contributed by atoms with Gasteiger partial charge in [0, 0.05) is 11.6 Å². The normalized spacial score (nSPS) is 13.3. The van der Waals surface area contributed by atoms with Crippen LogP contribution in [0.5, 0.6) is 0 Å². The molecule has 0 saturated heterocycles. The highest BCUT2D eigenvalue weighted by Gasteiger charge is 2.28. The van der Waals surface area contributed by atoms with Gasteiger partial charge in [0.1, 0.15) is 17.3 Å². The SMILES string of the molecule is O=C(NC1CC1)c1nn(-c2ccccc2F)c(=O)n(Cc2ccccc2F)c1=O. The summed E-state index contributed by atoms with van der Waals surface area (Å²) < 4.78 is 29.7. The van der Waals surface area contributed by atoms with Gasteiger partial charge in [-0.25, -0.2) is 13.6 Å². The fourth-order valence-electron chi connectivity index (χ4n) is 2.86. The second-order valence-electron chi connectivity index (χ2n) is 6.72. The van der Waals surface area contributed by atoms with Crippen LogP contribution in [0.15, 0.2) is 58.1 Å². The Balaban J connectivity index is 1.91. The third-order valence-electron chi connectivity index (χ3n) is 4.55. The van der Waals surface area contributed by atoms with Crippen molar-refractivity contribution in [3.63, 3.8) is 0 Å². The molecule has 7 nitrogen and oxygen atoms in total. The zero-order chi connectivity index (χ0) is 20.5. The van der Waals surface area contributed by atoms with Crippen LogP contribution in [0.4, 0.5) is 8.78 Å². The first kappa shape index (κ1) is 18.7. The molecule has 9 heteroatoms. The largest absolute Gasteiger partial charge is 0.352 e. The van der Waals surface area contributed by atoms with Crippen molar-refractivity contribution < 1.29 is 13.6 Å². The van der Waals surface area contributed by atoms with Crippen LogP contribution in [0, 0.1) is 11.6 Å². The van der Waals surface area contributed by atoms with Crippen molar-refractivity contribution in [2.75, 3.05) is 0 Å². The van der Waals surface area contributed by atoms with Gasteiger partial charge in [0.15, 0.2) is 0 Å². The maximum Gasteiger partial charge on any atom is 0.352 e. The first-order chi connectivity index (χ1) is 14.0. The number of carbonyl (C=O) groups excluding carboxylic acids is 1. The van der Waals surface area contributed by atoms with Crippen LogP contribution < -0.4 is 16.6 Å². The summed E-state index contributed by atoms with van der Waals surface area (Å²) in [5.41, 5.74) is -2.65. The molecule has 1 heterocycles. The molecule has 0 atom stereocenters. The van der Waals surface area contributed by atoms with Gasteiger partial charge in [-0.3, -0.25) is 14.2 Å². The van der Waals surface area contributed by atoms with Gasteiger partial charge in [-0.05, 0) is 31.0 Å². The van der Waals surface area contributed by atoms with Gasteiger partial charge >= 0.3 is 5.69 Å². The van der Waals surface area contributed by atoms with E-state index in [1.807, 2.05) is 0 Å². The summed E-state index contributed by atoms with van der Waals surface area (Å²) in [6.07, 6.45) is 1.56. The van der Waals surface area contributed by atoms with Gasteiger partial charge in [0.05, 0.1) is 6.54 Å². The minimum atomic E-state index is -0.980. The zero-order valence-corrected chi connectivity index (χ0v) is 15.1. The Labute approximate surface area is 163 Å². The number of halogens is 2. The average Bonchev–Trinajstić information content (AvgIpc) is 3.51. The second kappa shape index (κ2) is 7.42. The molecule has 1 aliphatic carbocycles. The molecule has 0 bridgehead atoms. The van der Waals surface area contributed by atoms with Crippen LogP contribution >= 0.6 is 0 Å². The summed E-state index contributed by atoms with van der Waals surface area (Å²) >= 11 is 0. The number of benzene rings is 2. The summed E-state index contributed by atoms with van der Waals surface area (Å²) in [5.74, 6) is -2.13. The summed E-state index contributed by atoms with van der Waals surface area (Å²) in [7, 11) is 0. The Morgan fingerprint density at radius 1 is 1.03 bits per heavy atom. The number of nitrogens with zero attached hydrogens (tertiary/aromatic N) is 3. The lowest BCUT2D eigenvalue weighted by atomic mass is 10.2. The maximum absolute atomic E-state index is 14.3. The highest BCUT2D eigenvalue weighted by molar-refractivity contribution is 5.92. The van der Waals surface area contributed by atoms with Gasteiger partial charge in [-0.1, -0.05) is 30.3 Å². The Hall–Kier alpha value is -3.62. The highest BCUT2D eigenvalue weighted by Crippen LogP contribution is 2.18. The van der Waals surface area contributed by atoms with E-state index in [1.54, 1.807) is 6.07 Å². The lowest BCUT2D eigenvalue weighted by molar-refractivity contribution is 0.0941. The van der Waals surface area contributed by atoms with Crippen molar-refractivity contribution in [2.45, 2.75) is 25.4 Å². The minimum absolute atomic E-state index is 0.0578. The summed E-state index contributed by atoms with van der Waals surface area (Å²) in [4.78, 5) is 38.2. The van der Waals surface area contributed by atoms with E-state index < -0.39 is 41.0 Å². The third-order valence-corrected chi connectivity index (χ3v) is 4.55. The Kier molecular flexibility index (Phi) is 4.79. The molecule has 4 rings (SSSR count). The molecule has 1 saturated carbocycles. The van der Waals surface area contributed by atoms with Crippen LogP contribution in [0.3, 0.4) is 0 Å². The van der Waals surface area contributed by atoms with Crippen molar-refractivity contribution in [1.82, 2.24) is 19.7 Å². The fraction of sp³-hybridized carbons (Fsp3) is 0.200. The zero-order valence-electron chi connectivity index (χ0n) is 15.1. The van der Waals surface area contributed by atoms with Crippen LogP contribution in [0.1, 0.15) is 28.9 Å². The molecule has 0 radical (unpaired) electrons. The van der Waals surface area contributed by atoms with Crippen LogP contribution in [0.2, 0.25) is 0 Å². The van der Waals surface area contributed by atoms with E-state index in [0.29, 0.717) is 9.25 Å². The Morgan fingerprint density at radius 2 is 1.69 bits per heavy atom. The van der Waals surface area contributed by atoms with E-state index >= 15 is 0 Å². The highest BCUT2D eigenvalue weighted by atomic mass is 19.1. The topological polar surface area (TPSA) is 86.0 Å². The predicted octanol–water partition coefficient (Wildman–Crippen LogP) is 1.61. The van der Waals surface area contributed by atoms with E-state index in [4.69, 9.17) is 0 Å². The van der Waals surface area contributed by atoms with Gasteiger partial charge in [-0.15, -0.1) is 0 Å². The molecule has 1 aliphatic rings. The quantitative estimate of drug-likeness (QED) is 0.708. The number of rotatable bonds is 5. The number of para-hydroxylation sites is 1. The Bertz CT molecular complexity index is 1210. The summed E-state index contributed by atoms with van der Waals surface area (Å²) in [5, 5.41) is 6.46. The van der Waals surface area contributed by atoms with E-state index in [-0.39, 0.29) is 17.3 Å². The van der Waals surface area contributed by atoms with E-state index in [9.17, 15) is 23.2 Å². The molecule has 1 amide bonds. The predicted molar refractivity (Wildman–Crippen MR) is 100 cm³/mol. The monoisotopic (exact) mass is 398 g/mol. The third kappa shape index (κ3) is 3.71. The standard InChI is InChI=1S/C20H16F2N4O3/c21-14-6-2-1-5-12(14)11-25-19(28)17(18(27)23-13-9-10-13)24-26(20(25)29)16-8-4-3-7-15(16)22/h1-8,13H,9-11H2,(H,23,27). The van der Waals surface area contributed by atoms with Crippen molar-refractivity contribution in [3.8, 4) is 5.69 Å². The minimum Gasteiger partial charge on any atom is -0.348 e. The van der Waals surface area contributed by atoms with E-state index in [2.05, 4.69) is 10.4 Å². The van der Waals surface area contributed by atoms with Crippen molar-refractivity contribution in [3.05, 3.63) is 92.3 Å². The molecule has 0 aliphatic heterocycles. The summed E-state index contributed by atoms with van der Waals surface area (Å²) in [6.45, 7) is -0.426. The molecule has 1 N–H and O–H groups in total. The molecule has 1 aromatic heterocycles. The number of aromatic nitrogens is 3. The summed E-state index contributed by atoms with van der Waals surface area (Å²) in [6, 6.07) is 10.9. The van der Waals surface area contributed by atoms with Crippen molar-refractivity contribution in [1.29, 1.82) is 0 Å². The number of hydrogen-bond acceptors (Lipinski definition) is 4. The molecule has 0 unspecified atom stereocenters. The molecular weight excluding hydrogens is 382 g/mol. The number of carbonyl (C=O) groups is 1. The molecule has 1 fully saturated rings. The first-order valence-electron chi connectivity index (χ1n) is 8.99. The molecule has 29 heavy (non-hydrogen) atoms. The molecule has 2 aromatic carbocycles. The Morgan fingerprint density at radius 3 is 2.34 bits per heavy atom. The van der Waals surface area contributed by atoms with Crippen molar-refractivity contribution >= 4 is 5.91 Å². The second-order valence-corrected chi connectivity index (χ2v) is 6.72. The van der Waals surface area contributed by atoms with E-state index in [0.717, 1.165) is 18.9 Å². The molecule has 3 aromatic rings. The lowest BCUT2D eigenvalue weighted by Crippen LogP contribution is -2.46. The molecule has 0 spiro atoms. The smallest absolute Gasteiger partial charge is 0.348 e. The van der Waals surface area contributed by atoms with Crippen LogP contribution in [-0.4, -0.2) is 26.3 Å². The number of amides is 1. The molecule has 148 valence electrons. The van der Waals surface area contributed by atoms with Crippen LogP contribution in [0.25, 0.3) is 5.69 Å². The van der Waals surface area contributed by atoms with Crippen LogP contribution in [-0.2, 0) is 6.54 Å². The van der Waals surface area contributed by atoms with Gasteiger partial charge in [0.2, 0.25) is 5.69 Å². The first-order valence-corrected chi connectivity index (χ1v) is 8.99. The number of hydrogen-bond donors (Lipinski definition) is 1. The average molecular weight is 398 g/mol. The van der Waals surface area contributed by atoms with Gasteiger partial charge in [0.25, 0.3) is 11.5 Å². The van der Waals surface area contributed by atoms with Gasteiger partial charge in [-0.2, -0.15) is 9.78 Å². The van der Waals surface area contributed by atoms with E-state index in [1.165, 1.54) is 36.4 Å². The van der Waals surface area contributed by atoms with Gasteiger partial charge < -0.3 is 5.32 Å². The number of nitrogens with one attached hydrogen (secondary N) is 1. The maximum atomic E-state index is 14.3. The molecular formula is C20H16F2N4O3. The fourth-order valence-corrected chi connectivity index (χ4v) is 2.86. The lowest BCUT2D eigenvalue weighted by Gasteiger charge is -2.13. The van der Waals surface area contributed by atoms with Crippen molar-refractivity contribution in [2.24, 2.45) is 0 Å².